The van der Waals surface area contributed by atoms with Gasteiger partial charge in [0, 0.05) is 23.4 Å². The number of nitrogens with zero attached hydrogens (tertiary/aromatic N) is 2. The van der Waals surface area contributed by atoms with Crippen LogP contribution in [0.15, 0.2) is 28.8 Å². The molecule has 88 valence electrons. The summed E-state index contributed by atoms with van der Waals surface area (Å²) in [6.45, 7) is 1.54. The average Bonchev–Trinajstić information content (AvgIpc) is 2.75. The molecular weight excluding hydrogens is 240 g/mol. The maximum Gasteiger partial charge on any atom is 0.227 e. The van der Waals surface area contributed by atoms with Crippen molar-refractivity contribution in [2.45, 2.75) is 19.8 Å². The van der Waals surface area contributed by atoms with Crippen LogP contribution in [0.3, 0.4) is 0 Å². The third-order valence-electron chi connectivity index (χ3n) is 2.24. The van der Waals surface area contributed by atoms with Crippen LogP contribution in [-0.4, -0.2) is 15.9 Å². The Morgan fingerprint density at radius 3 is 3.00 bits per heavy atom. The summed E-state index contributed by atoms with van der Waals surface area (Å²) in [5.41, 5.74) is 0.801. The second-order valence-electron chi connectivity index (χ2n) is 3.72. The summed E-state index contributed by atoms with van der Waals surface area (Å²) in [6.07, 6.45) is 0.889. The molecule has 0 saturated carbocycles. The van der Waals surface area contributed by atoms with Gasteiger partial charge in [0.25, 0.3) is 0 Å². The zero-order chi connectivity index (χ0) is 12.3. The summed E-state index contributed by atoms with van der Waals surface area (Å²) in [4.78, 5) is 15.0. The van der Waals surface area contributed by atoms with Gasteiger partial charge in [-0.05, 0) is 19.1 Å². The number of benzene rings is 1. The SMILES string of the molecule is CC(=O)CCc1nc(-c2cccc(Cl)c2)no1. The van der Waals surface area contributed by atoms with Crippen molar-refractivity contribution < 1.29 is 9.32 Å². The number of hydrogen-bond donors (Lipinski definition) is 0. The molecule has 0 radical (unpaired) electrons. The normalized spacial score (nSPS) is 10.5. The van der Waals surface area contributed by atoms with Crippen molar-refractivity contribution in [3.05, 3.63) is 35.2 Å². The fraction of sp³-hybridized carbons (Fsp3) is 0.250. The van der Waals surface area contributed by atoms with Gasteiger partial charge in [-0.1, -0.05) is 28.9 Å². The average molecular weight is 251 g/mol. The minimum absolute atomic E-state index is 0.104. The van der Waals surface area contributed by atoms with Crippen LogP contribution in [0.1, 0.15) is 19.2 Å². The predicted octanol–water partition coefficient (Wildman–Crippen LogP) is 2.91. The number of halogens is 1. The van der Waals surface area contributed by atoms with E-state index in [4.69, 9.17) is 16.1 Å². The molecule has 0 unspecified atom stereocenters. The third-order valence-corrected chi connectivity index (χ3v) is 2.48. The number of aryl methyl sites for hydroxylation is 1. The molecule has 0 atom stereocenters. The first kappa shape index (κ1) is 11.8. The van der Waals surface area contributed by atoms with Gasteiger partial charge in [-0.25, -0.2) is 0 Å². The molecule has 0 fully saturated rings. The van der Waals surface area contributed by atoms with E-state index >= 15 is 0 Å². The standard InChI is InChI=1S/C12H11ClN2O2/c1-8(16)5-6-11-14-12(15-17-11)9-3-2-4-10(13)7-9/h2-4,7H,5-6H2,1H3. The van der Waals surface area contributed by atoms with Crippen LogP contribution >= 0.6 is 11.6 Å². The van der Waals surface area contributed by atoms with E-state index < -0.39 is 0 Å². The molecule has 0 bridgehead atoms. The van der Waals surface area contributed by atoms with E-state index in [0.717, 1.165) is 5.56 Å². The minimum atomic E-state index is 0.104. The number of aromatic nitrogens is 2. The van der Waals surface area contributed by atoms with E-state index in [-0.39, 0.29) is 5.78 Å². The van der Waals surface area contributed by atoms with E-state index in [1.165, 1.54) is 6.92 Å². The Kier molecular flexibility index (Phi) is 3.54. The van der Waals surface area contributed by atoms with Gasteiger partial charge in [-0.3, -0.25) is 0 Å². The Labute approximate surface area is 104 Å². The molecular formula is C12H11ClN2O2. The van der Waals surface area contributed by atoms with Crippen LogP contribution in [0.5, 0.6) is 0 Å². The summed E-state index contributed by atoms with van der Waals surface area (Å²) in [5.74, 6) is 1.06. The van der Waals surface area contributed by atoms with Gasteiger partial charge in [0.1, 0.15) is 5.78 Å². The highest BCUT2D eigenvalue weighted by Gasteiger charge is 2.09. The lowest BCUT2D eigenvalue weighted by Crippen LogP contribution is -1.94. The lowest BCUT2D eigenvalue weighted by Gasteiger charge is -1.93. The number of hydrogen-bond acceptors (Lipinski definition) is 4. The molecule has 2 aromatic rings. The van der Waals surface area contributed by atoms with E-state index in [9.17, 15) is 4.79 Å². The topological polar surface area (TPSA) is 56.0 Å². The van der Waals surface area contributed by atoms with Gasteiger partial charge >= 0.3 is 0 Å². The number of rotatable bonds is 4. The Morgan fingerprint density at radius 2 is 2.29 bits per heavy atom. The van der Waals surface area contributed by atoms with Gasteiger partial charge in [0.05, 0.1) is 0 Å². The number of carbonyl (C=O) groups is 1. The molecule has 0 N–H and O–H groups in total. The first-order valence-electron chi connectivity index (χ1n) is 5.23. The zero-order valence-corrected chi connectivity index (χ0v) is 10.1. The summed E-state index contributed by atoms with van der Waals surface area (Å²) in [6, 6.07) is 7.22. The zero-order valence-electron chi connectivity index (χ0n) is 9.31. The van der Waals surface area contributed by atoms with E-state index in [1.807, 2.05) is 12.1 Å². The lowest BCUT2D eigenvalue weighted by atomic mass is 10.2. The van der Waals surface area contributed by atoms with Crippen LogP contribution in [-0.2, 0) is 11.2 Å². The summed E-state index contributed by atoms with van der Waals surface area (Å²) < 4.78 is 5.05. The Bertz CT molecular complexity index is 537. The van der Waals surface area contributed by atoms with Gasteiger partial charge in [0.2, 0.25) is 11.7 Å². The number of Topliss-reactive ketones (excluding diaryl/α,β-unsaturated/α-hetero) is 1. The molecule has 5 heteroatoms. The minimum Gasteiger partial charge on any atom is -0.339 e. The molecule has 1 heterocycles. The second-order valence-corrected chi connectivity index (χ2v) is 4.16. The summed E-state index contributed by atoms with van der Waals surface area (Å²) in [7, 11) is 0. The third kappa shape index (κ3) is 3.14. The highest BCUT2D eigenvalue weighted by atomic mass is 35.5. The van der Waals surface area contributed by atoms with Gasteiger partial charge < -0.3 is 9.32 Å². The van der Waals surface area contributed by atoms with Crippen molar-refractivity contribution in [1.82, 2.24) is 10.1 Å². The van der Waals surface area contributed by atoms with Crippen LogP contribution in [0.2, 0.25) is 5.02 Å². The Balaban J connectivity index is 2.15. The molecule has 4 nitrogen and oxygen atoms in total. The van der Waals surface area contributed by atoms with Gasteiger partial charge in [-0.15, -0.1) is 0 Å². The first-order valence-corrected chi connectivity index (χ1v) is 5.61. The van der Waals surface area contributed by atoms with Crippen molar-refractivity contribution in [2.75, 3.05) is 0 Å². The Morgan fingerprint density at radius 1 is 1.47 bits per heavy atom. The van der Waals surface area contributed by atoms with Crippen LogP contribution in [0, 0.1) is 0 Å². The highest BCUT2D eigenvalue weighted by molar-refractivity contribution is 6.30. The molecule has 0 aliphatic carbocycles. The van der Waals surface area contributed by atoms with Gasteiger partial charge in [-0.2, -0.15) is 4.98 Å². The van der Waals surface area contributed by atoms with Crippen molar-refractivity contribution in [1.29, 1.82) is 0 Å². The largest absolute Gasteiger partial charge is 0.339 e. The second kappa shape index (κ2) is 5.10. The molecule has 0 aliphatic rings. The van der Waals surface area contributed by atoms with E-state index in [1.54, 1.807) is 12.1 Å². The quantitative estimate of drug-likeness (QED) is 0.837. The predicted molar refractivity (Wildman–Crippen MR) is 63.7 cm³/mol. The smallest absolute Gasteiger partial charge is 0.227 e. The molecule has 0 aliphatic heterocycles. The van der Waals surface area contributed by atoms with Crippen LogP contribution in [0.4, 0.5) is 0 Å². The lowest BCUT2D eigenvalue weighted by molar-refractivity contribution is -0.117. The molecule has 0 amide bonds. The van der Waals surface area contributed by atoms with Crippen molar-refractivity contribution in [3.8, 4) is 11.4 Å². The fourth-order valence-electron chi connectivity index (χ4n) is 1.38. The summed E-state index contributed by atoms with van der Waals surface area (Å²) >= 11 is 5.87. The number of ketones is 1. The monoisotopic (exact) mass is 250 g/mol. The molecule has 0 saturated heterocycles. The molecule has 0 spiro atoms. The maximum absolute atomic E-state index is 10.8. The maximum atomic E-state index is 10.8. The van der Waals surface area contributed by atoms with E-state index in [2.05, 4.69) is 10.1 Å². The van der Waals surface area contributed by atoms with Crippen molar-refractivity contribution >= 4 is 17.4 Å². The molecule has 1 aromatic heterocycles. The molecule has 2 rings (SSSR count). The first-order chi connectivity index (χ1) is 8.15. The van der Waals surface area contributed by atoms with Crippen molar-refractivity contribution in [3.63, 3.8) is 0 Å². The van der Waals surface area contributed by atoms with E-state index in [0.29, 0.717) is 29.6 Å². The van der Waals surface area contributed by atoms with Crippen LogP contribution < -0.4 is 0 Å². The molecule has 1 aromatic carbocycles. The number of carbonyl (C=O) groups excluding carboxylic acids is 1. The molecule has 17 heavy (non-hydrogen) atoms. The summed E-state index contributed by atoms with van der Waals surface area (Å²) in [5, 5.41) is 4.47. The Hall–Kier alpha value is -1.68. The van der Waals surface area contributed by atoms with Crippen molar-refractivity contribution in [2.24, 2.45) is 0 Å². The van der Waals surface area contributed by atoms with Crippen LogP contribution in [0.25, 0.3) is 11.4 Å². The van der Waals surface area contributed by atoms with Gasteiger partial charge in [0.15, 0.2) is 0 Å². The highest BCUT2D eigenvalue weighted by Crippen LogP contribution is 2.20. The fourth-order valence-corrected chi connectivity index (χ4v) is 1.57.